The number of hydrogen-bond acceptors (Lipinski definition) is 1. The zero-order chi connectivity index (χ0) is 9.31. The summed E-state index contributed by atoms with van der Waals surface area (Å²) in [4.78, 5) is 0. The maximum atomic E-state index is 12.7. The number of benzene rings is 1. The van der Waals surface area contributed by atoms with Crippen molar-refractivity contribution >= 4 is 0 Å². The molecule has 0 heterocycles. The Morgan fingerprint density at radius 1 is 1.23 bits per heavy atom. The topological polar surface area (TPSA) is 26.0 Å². The van der Waals surface area contributed by atoms with Crippen molar-refractivity contribution < 1.29 is 4.39 Å². The van der Waals surface area contributed by atoms with E-state index in [1.54, 1.807) is 0 Å². The summed E-state index contributed by atoms with van der Waals surface area (Å²) in [6, 6.07) is 6.76. The fourth-order valence-corrected chi connectivity index (χ4v) is 2.02. The molecule has 1 aromatic carbocycles. The zero-order valence-electron chi connectivity index (χ0n) is 7.59. The van der Waals surface area contributed by atoms with Crippen molar-refractivity contribution in [1.82, 2.24) is 0 Å². The van der Waals surface area contributed by atoms with E-state index in [2.05, 4.69) is 0 Å². The van der Waals surface area contributed by atoms with Crippen LogP contribution in [-0.4, -0.2) is 6.54 Å². The smallest absolute Gasteiger partial charge is 0.123 e. The number of hydrogen-bond donors (Lipinski definition) is 1. The molecule has 0 aromatic heterocycles. The second-order valence-electron chi connectivity index (χ2n) is 3.84. The van der Waals surface area contributed by atoms with Crippen molar-refractivity contribution in [2.75, 3.05) is 6.54 Å². The average molecular weight is 179 g/mol. The quantitative estimate of drug-likeness (QED) is 0.740. The molecule has 0 atom stereocenters. The summed E-state index contributed by atoms with van der Waals surface area (Å²) in [5, 5.41) is 0. The fraction of sp³-hybridized carbons (Fsp3) is 0.455. The second kappa shape index (κ2) is 3.11. The molecule has 1 saturated carbocycles. The van der Waals surface area contributed by atoms with Gasteiger partial charge < -0.3 is 5.73 Å². The summed E-state index contributed by atoms with van der Waals surface area (Å²) in [6.45, 7) is 0.679. The predicted octanol–water partition coefficient (Wildman–Crippen LogP) is 2.21. The molecule has 1 fully saturated rings. The first-order valence-electron chi connectivity index (χ1n) is 4.73. The largest absolute Gasteiger partial charge is 0.330 e. The van der Waals surface area contributed by atoms with Crippen molar-refractivity contribution in [2.45, 2.75) is 24.7 Å². The Balaban J connectivity index is 2.28. The molecule has 0 radical (unpaired) electrons. The molecule has 0 amide bonds. The Morgan fingerprint density at radius 2 is 1.85 bits per heavy atom. The van der Waals surface area contributed by atoms with Gasteiger partial charge in [-0.2, -0.15) is 0 Å². The van der Waals surface area contributed by atoms with Gasteiger partial charge in [-0.25, -0.2) is 4.39 Å². The summed E-state index contributed by atoms with van der Waals surface area (Å²) in [6.07, 6.45) is 3.54. The highest BCUT2D eigenvalue weighted by atomic mass is 19.1. The molecule has 13 heavy (non-hydrogen) atoms. The number of rotatable bonds is 2. The zero-order valence-corrected chi connectivity index (χ0v) is 7.59. The van der Waals surface area contributed by atoms with E-state index in [4.69, 9.17) is 5.73 Å². The van der Waals surface area contributed by atoms with Crippen LogP contribution in [0.1, 0.15) is 24.8 Å². The molecule has 1 aromatic rings. The van der Waals surface area contributed by atoms with Gasteiger partial charge in [-0.15, -0.1) is 0 Å². The van der Waals surface area contributed by atoms with E-state index in [0.717, 1.165) is 12.8 Å². The van der Waals surface area contributed by atoms with Gasteiger partial charge in [-0.3, -0.25) is 0 Å². The monoisotopic (exact) mass is 179 g/mol. The van der Waals surface area contributed by atoms with Crippen LogP contribution in [0.4, 0.5) is 4.39 Å². The van der Waals surface area contributed by atoms with Gasteiger partial charge in [-0.05, 0) is 30.5 Å². The fourth-order valence-electron chi connectivity index (χ4n) is 2.02. The molecule has 1 nitrogen and oxygen atoms in total. The minimum atomic E-state index is -0.171. The lowest BCUT2D eigenvalue weighted by Crippen LogP contribution is -2.41. The van der Waals surface area contributed by atoms with Crippen molar-refractivity contribution in [3.05, 3.63) is 35.6 Å². The molecule has 1 aliphatic carbocycles. The Bertz CT molecular complexity index is 282. The summed E-state index contributed by atoms with van der Waals surface area (Å²) in [5.74, 6) is -0.171. The van der Waals surface area contributed by atoms with E-state index in [0.29, 0.717) is 6.54 Å². The van der Waals surface area contributed by atoms with Crippen LogP contribution in [-0.2, 0) is 5.41 Å². The molecule has 2 N–H and O–H groups in total. The van der Waals surface area contributed by atoms with E-state index in [9.17, 15) is 4.39 Å². The minimum Gasteiger partial charge on any atom is -0.330 e. The van der Waals surface area contributed by atoms with Crippen LogP contribution >= 0.6 is 0 Å². The molecule has 0 saturated heterocycles. The minimum absolute atomic E-state index is 0.160. The van der Waals surface area contributed by atoms with Gasteiger partial charge in [0.2, 0.25) is 0 Å². The Labute approximate surface area is 77.8 Å². The third kappa shape index (κ3) is 1.35. The Hall–Kier alpha value is -0.890. The maximum Gasteiger partial charge on any atom is 0.123 e. The van der Waals surface area contributed by atoms with Crippen LogP contribution in [0.2, 0.25) is 0 Å². The van der Waals surface area contributed by atoms with Crippen molar-refractivity contribution in [3.8, 4) is 0 Å². The molecule has 0 unspecified atom stereocenters. The maximum absolute atomic E-state index is 12.7. The number of nitrogens with two attached hydrogens (primary N) is 1. The van der Waals surface area contributed by atoms with E-state index < -0.39 is 0 Å². The van der Waals surface area contributed by atoms with Gasteiger partial charge in [0.25, 0.3) is 0 Å². The average Bonchev–Trinajstić information content (AvgIpc) is 2.07. The first-order chi connectivity index (χ1) is 6.27. The van der Waals surface area contributed by atoms with Gasteiger partial charge >= 0.3 is 0 Å². The van der Waals surface area contributed by atoms with E-state index in [1.807, 2.05) is 12.1 Å². The highest BCUT2D eigenvalue weighted by Crippen LogP contribution is 2.42. The van der Waals surface area contributed by atoms with Crippen molar-refractivity contribution in [2.24, 2.45) is 5.73 Å². The lowest BCUT2D eigenvalue weighted by atomic mass is 9.64. The van der Waals surface area contributed by atoms with Crippen LogP contribution in [0, 0.1) is 5.82 Å². The van der Waals surface area contributed by atoms with Crippen LogP contribution in [0.3, 0.4) is 0 Å². The second-order valence-corrected chi connectivity index (χ2v) is 3.84. The van der Waals surface area contributed by atoms with Gasteiger partial charge in [0, 0.05) is 12.0 Å². The van der Waals surface area contributed by atoms with Crippen molar-refractivity contribution in [3.63, 3.8) is 0 Å². The highest BCUT2D eigenvalue weighted by Gasteiger charge is 2.36. The Kier molecular flexibility index (Phi) is 2.08. The third-order valence-corrected chi connectivity index (χ3v) is 3.16. The Morgan fingerprint density at radius 3 is 2.23 bits per heavy atom. The molecule has 0 aliphatic heterocycles. The normalized spacial score (nSPS) is 19.5. The van der Waals surface area contributed by atoms with Crippen LogP contribution in [0.5, 0.6) is 0 Å². The molecule has 2 rings (SSSR count). The van der Waals surface area contributed by atoms with E-state index in [-0.39, 0.29) is 11.2 Å². The van der Waals surface area contributed by atoms with Gasteiger partial charge in [0.15, 0.2) is 0 Å². The van der Waals surface area contributed by atoms with Gasteiger partial charge in [-0.1, -0.05) is 18.6 Å². The van der Waals surface area contributed by atoms with Crippen molar-refractivity contribution in [1.29, 1.82) is 0 Å². The lowest BCUT2D eigenvalue weighted by Gasteiger charge is -2.41. The van der Waals surface area contributed by atoms with Crippen LogP contribution in [0.25, 0.3) is 0 Å². The molecular weight excluding hydrogens is 165 g/mol. The first-order valence-corrected chi connectivity index (χ1v) is 4.73. The first kappa shape index (κ1) is 8.70. The van der Waals surface area contributed by atoms with E-state index >= 15 is 0 Å². The van der Waals surface area contributed by atoms with Gasteiger partial charge in [0.05, 0.1) is 0 Å². The highest BCUT2D eigenvalue weighted by molar-refractivity contribution is 5.28. The summed E-state index contributed by atoms with van der Waals surface area (Å²) < 4.78 is 12.7. The summed E-state index contributed by atoms with van der Waals surface area (Å²) in [5.41, 5.74) is 7.10. The van der Waals surface area contributed by atoms with Crippen LogP contribution < -0.4 is 5.73 Å². The molecular formula is C11H14FN. The molecule has 1 aliphatic rings. The van der Waals surface area contributed by atoms with E-state index in [1.165, 1.54) is 24.1 Å². The summed E-state index contributed by atoms with van der Waals surface area (Å²) in [7, 11) is 0. The third-order valence-electron chi connectivity index (χ3n) is 3.16. The van der Waals surface area contributed by atoms with Gasteiger partial charge in [0.1, 0.15) is 5.82 Å². The molecule has 2 heteroatoms. The standard InChI is InChI=1S/C11H14FN/c12-10-4-2-9(3-5-10)11(8-13)6-1-7-11/h2-5H,1,6-8,13H2. The lowest BCUT2D eigenvalue weighted by molar-refractivity contribution is 0.253. The van der Waals surface area contributed by atoms with Crippen LogP contribution in [0.15, 0.2) is 24.3 Å². The molecule has 0 spiro atoms. The summed E-state index contributed by atoms with van der Waals surface area (Å²) >= 11 is 0. The SMILES string of the molecule is NCC1(c2ccc(F)cc2)CCC1. The molecule has 70 valence electrons. The number of halogens is 1. The predicted molar refractivity (Wildman–Crippen MR) is 51.0 cm³/mol. The molecule has 0 bridgehead atoms.